The maximum absolute atomic E-state index is 13.4. The minimum absolute atomic E-state index is 0.0724. The van der Waals surface area contributed by atoms with E-state index in [4.69, 9.17) is 14.2 Å². The number of carbonyl (C=O) groups excluding carboxylic acids is 2. The Balaban J connectivity index is 1.40. The van der Waals surface area contributed by atoms with Crippen molar-refractivity contribution in [1.29, 1.82) is 0 Å². The number of likely N-dealkylation sites (tertiary alicyclic amines) is 1. The molecule has 0 bridgehead atoms. The SMILES string of the molecule is COc1cccc(C2/C(=C(\O)c3ccc(OCc4ccccc4C)cc3)C(=O)C(=O)N2CCCN2CCOCC2)c1. The number of rotatable bonds is 10. The second kappa shape index (κ2) is 13.0. The van der Waals surface area contributed by atoms with Gasteiger partial charge in [0.25, 0.3) is 11.7 Å². The molecule has 8 nitrogen and oxygen atoms in total. The first-order chi connectivity index (χ1) is 20.0. The number of aryl methyl sites for hydroxylation is 1. The Labute approximate surface area is 240 Å². The summed E-state index contributed by atoms with van der Waals surface area (Å²) < 4.78 is 16.8. The number of hydrogen-bond donors (Lipinski definition) is 1. The van der Waals surface area contributed by atoms with E-state index >= 15 is 0 Å². The lowest BCUT2D eigenvalue weighted by atomic mass is 9.95. The molecule has 2 fully saturated rings. The molecule has 2 saturated heterocycles. The molecule has 8 heteroatoms. The number of hydrogen-bond acceptors (Lipinski definition) is 7. The number of Topliss-reactive ketones (excluding diaryl/α,β-unsaturated/α-hetero) is 1. The Morgan fingerprint density at radius 3 is 2.44 bits per heavy atom. The number of benzene rings is 3. The standard InChI is InChI=1S/C33H36N2O6/c1-23-7-3-4-8-26(23)22-41-27-13-11-24(12-14-27)31(36)29-30(25-9-5-10-28(21-25)39-2)35(33(38)32(29)37)16-6-15-34-17-19-40-20-18-34/h3-5,7-14,21,30,36H,6,15-20,22H2,1-2H3/b31-29+. The highest BCUT2D eigenvalue weighted by molar-refractivity contribution is 6.46. The van der Waals surface area contributed by atoms with Crippen molar-refractivity contribution in [3.8, 4) is 11.5 Å². The molecular weight excluding hydrogens is 520 g/mol. The van der Waals surface area contributed by atoms with Crippen molar-refractivity contribution in [2.75, 3.05) is 46.5 Å². The largest absolute Gasteiger partial charge is 0.507 e. The molecule has 0 saturated carbocycles. The summed E-state index contributed by atoms with van der Waals surface area (Å²) in [5, 5.41) is 11.4. The molecule has 1 unspecified atom stereocenters. The van der Waals surface area contributed by atoms with Crippen molar-refractivity contribution in [3.63, 3.8) is 0 Å². The summed E-state index contributed by atoms with van der Waals surface area (Å²) in [4.78, 5) is 30.6. The van der Waals surface area contributed by atoms with Crippen molar-refractivity contribution in [2.24, 2.45) is 0 Å². The number of ether oxygens (including phenoxy) is 3. The van der Waals surface area contributed by atoms with Crippen molar-refractivity contribution in [1.82, 2.24) is 9.80 Å². The Hall–Kier alpha value is -4.14. The predicted octanol–water partition coefficient (Wildman–Crippen LogP) is 4.73. The van der Waals surface area contributed by atoms with Gasteiger partial charge < -0.3 is 24.2 Å². The van der Waals surface area contributed by atoms with E-state index in [9.17, 15) is 14.7 Å². The third-order valence-electron chi connectivity index (χ3n) is 7.71. The van der Waals surface area contributed by atoms with Gasteiger partial charge >= 0.3 is 0 Å². The zero-order chi connectivity index (χ0) is 28.8. The van der Waals surface area contributed by atoms with Crippen molar-refractivity contribution in [2.45, 2.75) is 26.0 Å². The summed E-state index contributed by atoms with van der Waals surface area (Å²) in [5.41, 5.74) is 3.45. The fraction of sp³-hybridized carbons (Fsp3) is 0.333. The average molecular weight is 557 g/mol. The van der Waals surface area contributed by atoms with Crippen LogP contribution in [0.25, 0.3) is 5.76 Å². The van der Waals surface area contributed by atoms with Crippen LogP contribution >= 0.6 is 0 Å². The maximum atomic E-state index is 13.4. The Bertz CT molecular complexity index is 1410. The minimum Gasteiger partial charge on any atom is -0.507 e. The van der Waals surface area contributed by atoms with Crippen LogP contribution in [0.4, 0.5) is 0 Å². The molecule has 0 spiro atoms. The molecule has 41 heavy (non-hydrogen) atoms. The second-order valence-electron chi connectivity index (χ2n) is 10.3. The van der Waals surface area contributed by atoms with Crippen LogP contribution in [0.2, 0.25) is 0 Å². The molecule has 0 aliphatic carbocycles. The van der Waals surface area contributed by atoms with Gasteiger partial charge in [-0.05, 0) is 66.4 Å². The van der Waals surface area contributed by atoms with E-state index in [2.05, 4.69) is 4.90 Å². The first-order valence-corrected chi connectivity index (χ1v) is 14.0. The van der Waals surface area contributed by atoms with Crippen LogP contribution in [-0.4, -0.2) is 73.1 Å². The highest BCUT2D eigenvalue weighted by atomic mass is 16.5. The zero-order valence-electron chi connectivity index (χ0n) is 23.5. The number of aliphatic hydroxyl groups is 1. The van der Waals surface area contributed by atoms with Crippen molar-refractivity contribution >= 4 is 17.4 Å². The predicted molar refractivity (Wildman–Crippen MR) is 156 cm³/mol. The van der Waals surface area contributed by atoms with Crippen LogP contribution in [0.1, 0.15) is 34.7 Å². The van der Waals surface area contributed by atoms with Gasteiger partial charge in [0.15, 0.2) is 0 Å². The smallest absolute Gasteiger partial charge is 0.295 e. The first kappa shape index (κ1) is 28.4. The van der Waals surface area contributed by atoms with Gasteiger partial charge in [0.2, 0.25) is 0 Å². The molecule has 2 aliphatic rings. The lowest BCUT2D eigenvalue weighted by Gasteiger charge is -2.29. The molecule has 1 atom stereocenters. The van der Waals surface area contributed by atoms with Gasteiger partial charge in [-0.2, -0.15) is 0 Å². The van der Waals surface area contributed by atoms with E-state index in [0.29, 0.717) is 55.4 Å². The Morgan fingerprint density at radius 1 is 0.951 bits per heavy atom. The number of ketones is 1. The van der Waals surface area contributed by atoms with Gasteiger partial charge in [-0.3, -0.25) is 14.5 Å². The van der Waals surface area contributed by atoms with Crippen LogP contribution < -0.4 is 9.47 Å². The van der Waals surface area contributed by atoms with Gasteiger partial charge in [0.05, 0.1) is 31.9 Å². The Morgan fingerprint density at radius 2 is 1.71 bits per heavy atom. The first-order valence-electron chi connectivity index (χ1n) is 14.0. The van der Waals surface area contributed by atoms with Crippen LogP contribution in [0.5, 0.6) is 11.5 Å². The van der Waals surface area contributed by atoms with Gasteiger partial charge in [-0.15, -0.1) is 0 Å². The average Bonchev–Trinajstić information content (AvgIpc) is 3.26. The summed E-state index contributed by atoms with van der Waals surface area (Å²) in [6, 6.07) is 21.5. The van der Waals surface area contributed by atoms with Crippen molar-refractivity contribution in [3.05, 3.63) is 101 Å². The van der Waals surface area contributed by atoms with Crippen LogP contribution in [0.15, 0.2) is 78.4 Å². The van der Waals surface area contributed by atoms with Crippen molar-refractivity contribution < 1.29 is 28.9 Å². The van der Waals surface area contributed by atoms with Crippen LogP contribution in [0.3, 0.4) is 0 Å². The minimum atomic E-state index is -0.730. The summed E-state index contributed by atoms with van der Waals surface area (Å²) in [6.07, 6.45) is 0.695. The molecule has 3 aromatic rings. The van der Waals surface area contributed by atoms with Gasteiger partial charge in [0, 0.05) is 31.7 Å². The van der Waals surface area contributed by atoms with E-state index in [1.807, 2.05) is 49.4 Å². The van der Waals surface area contributed by atoms with E-state index in [1.54, 1.807) is 42.3 Å². The van der Waals surface area contributed by atoms with Crippen LogP contribution in [-0.2, 0) is 20.9 Å². The molecule has 2 heterocycles. The zero-order valence-corrected chi connectivity index (χ0v) is 23.5. The summed E-state index contributed by atoms with van der Waals surface area (Å²) in [5.74, 6) is -0.271. The third kappa shape index (κ3) is 6.45. The quantitative estimate of drug-likeness (QED) is 0.220. The monoisotopic (exact) mass is 556 g/mol. The topological polar surface area (TPSA) is 88.5 Å². The summed E-state index contributed by atoms with van der Waals surface area (Å²) in [7, 11) is 1.57. The second-order valence-corrected chi connectivity index (χ2v) is 10.3. The lowest BCUT2D eigenvalue weighted by Crippen LogP contribution is -2.38. The highest BCUT2D eigenvalue weighted by Crippen LogP contribution is 2.40. The molecule has 1 N–H and O–H groups in total. The summed E-state index contributed by atoms with van der Waals surface area (Å²) in [6.45, 7) is 6.73. The van der Waals surface area contributed by atoms with E-state index < -0.39 is 17.7 Å². The van der Waals surface area contributed by atoms with E-state index in [0.717, 1.165) is 30.8 Å². The molecule has 5 rings (SSSR count). The maximum Gasteiger partial charge on any atom is 0.295 e. The number of nitrogens with zero attached hydrogens (tertiary/aromatic N) is 2. The molecule has 0 radical (unpaired) electrons. The molecule has 214 valence electrons. The number of morpholine rings is 1. The molecule has 2 aliphatic heterocycles. The van der Waals surface area contributed by atoms with E-state index in [-0.39, 0.29) is 11.3 Å². The van der Waals surface area contributed by atoms with E-state index in [1.165, 1.54) is 0 Å². The fourth-order valence-electron chi connectivity index (χ4n) is 5.36. The number of amides is 1. The third-order valence-corrected chi connectivity index (χ3v) is 7.71. The van der Waals surface area contributed by atoms with Gasteiger partial charge in [0.1, 0.15) is 23.9 Å². The summed E-state index contributed by atoms with van der Waals surface area (Å²) >= 11 is 0. The Kier molecular flexibility index (Phi) is 9.01. The fourth-order valence-corrected chi connectivity index (χ4v) is 5.36. The van der Waals surface area contributed by atoms with Gasteiger partial charge in [-0.25, -0.2) is 0 Å². The highest BCUT2D eigenvalue weighted by Gasteiger charge is 2.46. The molecule has 3 aromatic carbocycles. The number of aliphatic hydroxyl groups excluding tert-OH is 1. The normalized spacial score (nSPS) is 19.0. The molecule has 1 amide bonds. The van der Waals surface area contributed by atoms with Crippen LogP contribution in [0, 0.1) is 6.92 Å². The number of methoxy groups -OCH3 is 1. The van der Waals surface area contributed by atoms with Gasteiger partial charge in [-0.1, -0.05) is 36.4 Å². The number of carbonyl (C=O) groups is 2. The molecule has 0 aromatic heterocycles. The molecular formula is C33H36N2O6. The lowest BCUT2D eigenvalue weighted by molar-refractivity contribution is -0.140.